The van der Waals surface area contributed by atoms with Gasteiger partial charge in [-0.1, -0.05) is 41.6 Å². The van der Waals surface area contributed by atoms with E-state index in [0.29, 0.717) is 5.16 Å². The van der Waals surface area contributed by atoms with Gasteiger partial charge in [0.25, 0.3) is 0 Å². The van der Waals surface area contributed by atoms with Crippen LogP contribution in [0.4, 0.5) is 4.79 Å². The second-order valence-corrected chi connectivity index (χ2v) is 7.71. The van der Waals surface area contributed by atoms with Crippen LogP contribution < -0.4 is 10.6 Å². The minimum Gasteiger partial charge on any atom is -0.333 e. The number of amides is 3. The van der Waals surface area contributed by atoms with Gasteiger partial charge < -0.3 is 9.88 Å². The summed E-state index contributed by atoms with van der Waals surface area (Å²) in [6.07, 6.45) is 0. The molecule has 3 amide bonds. The number of nitrogens with zero attached hydrogens (tertiary/aromatic N) is 3. The van der Waals surface area contributed by atoms with Crippen LogP contribution in [0.2, 0.25) is 0 Å². The van der Waals surface area contributed by atoms with Crippen molar-refractivity contribution < 1.29 is 9.59 Å². The van der Waals surface area contributed by atoms with Gasteiger partial charge >= 0.3 is 6.03 Å². The number of benzene rings is 1. The van der Waals surface area contributed by atoms with Crippen molar-refractivity contribution in [1.29, 1.82) is 0 Å². The van der Waals surface area contributed by atoms with Crippen molar-refractivity contribution in [2.24, 2.45) is 7.05 Å². The van der Waals surface area contributed by atoms with Gasteiger partial charge in [0.2, 0.25) is 5.91 Å². The fraction of sp³-hybridized carbons (Fsp3) is 0.412. The van der Waals surface area contributed by atoms with Gasteiger partial charge in [-0.05, 0) is 27.7 Å². The van der Waals surface area contributed by atoms with E-state index >= 15 is 0 Å². The third-order valence-corrected chi connectivity index (χ3v) is 4.24. The molecule has 0 saturated heterocycles. The summed E-state index contributed by atoms with van der Waals surface area (Å²) in [5, 5.41) is 13.9. The molecular weight excluding hydrogens is 338 g/mol. The van der Waals surface area contributed by atoms with Crippen molar-refractivity contribution >= 4 is 23.7 Å². The monoisotopic (exact) mass is 361 g/mol. The standard InChI is InChI=1S/C17H23N5O2S/c1-11-6-8-12(9-7-11)14-20-21-16(22(14)5)25-10-13(23)18-15(24)19-17(2,3)4/h6-9H,10H2,1-5H3,(H2,18,19,23,24). The molecule has 2 N–H and O–H groups in total. The van der Waals surface area contributed by atoms with Gasteiger partial charge in [-0.25, -0.2) is 4.79 Å². The normalized spacial score (nSPS) is 11.2. The molecule has 25 heavy (non-hydrogen) atoms. The van der Waals surface area contributed by atoms with Gasteiger partial charge in [-0.3, -0.25) is 10.1 Å². The van der Waals surface area contributed by atoms with Gasteiger partial charge in [0.15, 0.2) is 11.0 Å². The molecule has 0 saturated carbocycles. The summed E-state index contributed by atoms with van der Waals surface area (Å²) >= 11 is 1.23. The highest BCUT2D eigenvalue weighted by molar-refractivity contribution is 7.99. The van der Waals surface area contributed by atoms with Gasteiger partial charge in [-0.2, -0.15) is 0 Å². The summed E-state index contributed by atoms with van der Waals surface area (Å²) in [5.41, 5.74) is 1.73. The molecule has 8 heteroatoms. The molecule has 2 rings (SSSR count). The van der Waals surface area contributed by atoms with Crippen molar-refractivity contribution in [2.75, 3.05) is 5.75 Å². The van der Waals surface area contributed by atoms with Crippen LogP contribution in [0.25, 0.3) is 11.4 Å². The molecule has 2 aromatic rings. The van der Waals surface area contributed by atoms with Crippen LogP contribution in [0.3, 0.4) is 0 Å². The van der Waals surface area contributed by atoms with Crippen LogP contribution >= 0.6 is 11.8 Å². The molecule has 0 atom stereocenters. The molecule has 0 aliphatic rings. The van der Waals surface area contributed by atoms with Crippen LogP contribution in [0, 0.1) is 6.92 Å². The molecule has 7 nitrogen and oxygen atoms in total. The Morgan fingerprint density at radius 2 is 1.80 bits per heavy atom. The SMILES string of the molecule is Cc1ccc(-c2nnc(SCC(=O)NC(=O)NC(C)(C)C)n2C)cc1. The molecular formula is C17H23N5O2S. The minimum absolute atomic E-state index is 0.0808. The van der Waals surface area contributed by atoms with Crippen molar-refractivity contribution in [3.05, 3.63) is 29.8 Å². The smallest absolute Gasteiger partial charge is 0.321 e. The van der Waals surface area contributed by atoms with E-state index in [2.05, 4.69) is 20.8 Å². The summed E-state index contributed by atoms with van der Waals surface area (Å²) < 4.78 is 1.83. The summed E-state index contributed by atoms with van der Waals surface area (Å²) in [6.45, 7) is 7.56. The first-order valence-electron chi connectivity index (χ1n) is 7.87. The molecule has 1 aromatic carbocycles. The number of aromatic nitrogens is 3. The van der Waals surface area contributed by atoms with E-state index in [9.17, 15) is 9.59 Å². The number of carbonyl (C=O) groups excluding carboxylic acids is 2. The zero-order chi connectivity index (χ0) is 18.6. The molecule has 0 aliphatic carbocycles. The van der Waals surface area contributed by atoms with Crippen molar-refractivity contribution in [2.45, 2.75) is 38.4 Å². The average Bonchev–Trinajstić information content (AvgIpc) is 2.85. The van der Waals surface area contributed by atoms with E-state index < -0.39 is 11.6 Å². The highest BCUT2D eigenvalue weighted by Crippen LogP contribution is 2.22. The van der Waals surface area contributed by atoms with Crippen LogP contribution in [0.5, 0.6) is 0 Å². The first kappa shape index (κ1) is 19.0. The lowest BCUT2D eigenvalue weighted by Crippen LogP contribution is -2.48. The van der Waals surface area contributed by atoms with Gasteiger partial charge in [0.05, 0.1) is 5.75 Å². The van der Waals surface area contributed by atoms with Crippen LogP contribution in [-0.2, 0) is 11.8 Å². The molecule has 0 unspecified atom stereocenters. The fourth-order valence-corrected chi connectivity index (χ4v) is 2.77. The van der Waals surface area contributed by atoms with Crippen LogP contribution in [-0.4, -0.2) is 38.0 Å². The zero-order valence-electron chi connectivity index (χ0n) is 15.1. The summed E-state index contributed by atoms with van der Waals surface area (Å²) in [5.74, 6) is 0.428. The Kier molecular flexibility index (Phi) is 5.84. The highest BCUT2D eigenvalue weighted by atomic mass is 32.2. The number of rotatable bonds is 4. The Labute approximate surface area is 151 Å². The Bertz CT molecular complexity index is 762. The Morgan fingerprint density at radius 3 is 2.40 bits per heavy atom. The van der Waals surface area contributed by atoms with Crippen LogP contribution in [0.1, 0.15) is 26.3 Å². The molecule has 0 aliphatic heterocycles. The molecule has 0 spiro atoms. The lowest BCUT2D eigenvalue weighted by Gasteiger charge is -2.20. The average molecular weight is 361 g/mol. The summed E-state index contributed by atoms with van der Waals surface area (Å²) in [7, 11) is 1.85. The maximum absolute atomic E-state index is 11.9. The van der Waals surface area contributed by atoms with E-state index in [1.807, 2.05) is 63.6 Å². The minimum atomic E-state index is -0.503. The first-order valence-corrected chi connectivity index (χ1v) is 8.85. The molecule has 0 radical (unpaired) electrons. The van der Waals surface area contributed by atoms with E-state index in [4.69, 9.17) is 0 Å². The molecule has 0 fully saturated rings. The number of carbonyl (C=O) groups is 2. The van der Waals surface area contributed by atoms with Gasteiger partial charge in [0.1, 0.15) is 0 Å². The number of aryl methyl sites for hydroxylation is 1. The third kappa shape index (κ3) is 5.60. The number of nitrogens with one attached hydrogen (secondary N) is 2. The largest absolute Gasteiger partial charge is 0.333 e. The van der Waals surface area contributed by atoms with Crippen molar-refractivity contribution in [3.63, 3.8) is 0 Å². The van der Waals surface area contributed by atoms with Gasteiger partial charge in [-0.15, -0.1) is 10.2 Å². The predicted molar refractivity (Wildman–Crippen MR) is 98.3 cm³/mol. The number of urea groups is 1. The highest BCUT2D eigenvalue weighted by Gasteiger charge is 2.17. The number of imide groups is 1. The molecule has 134 valence electrons. The van der Waals surface area contributed by atoms with E-state index in [0.717, 1.165) is 11.4 Å². The maximum atomic E-state index is 11.9. The van der Waals surface area contributed by atoms with Crippen molar-refractivity contribution in [3.8, 4) is 11.4 Å². The summed E-state index contributed by atoms with van der Waals surface area (Å²) in [6, 6.07) is 7.49. The Morgan fingerprint density at radius 1 is 1.16 bits per heavy atom. The number of hydrogen-bond acceptors (Lipinski definition) is 5. The topological polar surface area (TPSA) is 88.9 Å². The second kappa shape index (κ2) is 7.69. The molecule has 0 bridgehead atoms. The zero-order valence-corrected chi connectivity index (χ0v) is 15.9. The van der Waals surface area contributed by atoms with E-state index in [1.165, 1.54) is 17.3 Å². The fourth-order valence-electron chi connectivity index (χ4n) is 2.06. The molecule has 1 aromatic heterocycles. The van der Waals surface area contributed by atoms with Gasteiger partial charge in [0, 0.05) is 18.2 Å². The quantitative estimate of drug-likeness (QED) is 0.817. The predicted octanol–water partition coefficient (Wildman–Crippen LogP) is 2.51. The Hall–Kier alpha value is -2.35. The second-order valence-electron chi connectivity index (χ2n) is 6.77. The van der Waals surface area contributed by atoms with E-state index in [1.54, 1.807) is 0 Å². The summed E-state index contributed by atoms with van der Waals surface area (Å²) in [4.78, 5) is 23.6. The lowest BCUT2D eigenvalue weighted by molar-refractivity contribution is -0.117. The van der Waals surface area contributed by atoms with Crippen LogP contribution in [0.15, 0.2) is 29.4 Å². The first-order chi connectivity index (χ1) is 11.7. The van der Waals surface area contributed by atoms with E-state index in [-0.39, 0.29) is 11.7 Å². The maximum Gasteiger partial charge on any atom is 0.321 e. The Balaban J connectivity index is 1.94. The third-order valence-electron chi connectivity index (χ3n) is 3.22. The number of hydrogen-bond donors (Lipinski definition) is 2. The molecule has 1 heterocycles. The van der Waals surface area contributed by atoms with Crippen molar-refractivity contribution in [1.82, 2.24) is 25.4 Å². The lowest BCUT2D eigenvalue weighted by atomic mass is 10.1. The number of thioether (sulfide) groups is 1.